The topological polar surface area (TPSA) is 87.2 Å². The van der Waals surface area contributed by atoms with Crippen LogP contribution in [0, 0.1) is 0 Å². The molecule has 0 spiro atoms. The van der Waals surface area contributed by atoms with Crippen molar-refractivity contribution in [2.24, 2.45) is 0 Å². The monoisotopic (exact) mass is 395 g/mol. The number of para-hydroxylation sites is 1. The molecule has 0 atom stereocenters. The number of hydrogen-bond donors (Lipinski definition) is 0. The van der Waals surface area contributed by atoms with Gasteiger partial charge in [-0.15, -0.1) is 0 Å². The summed E-state index contributed by atoms with van der Waals surface area (Å²) in [6.45, 7) is -0.285. The van der Waals surface area contributed by atoms with E-state index in [1.54, 1.807) is 37.4 Å². The Morgan fingerprint density at radius 1 is 0.931 bits per heavy atom. The van der Waals surface area contributed by atoms with Gasteiger partial charge in [0.1, 0.15) is 12.3 Å². The molecule has 1 aliphatic rings. The molecule has 0 unspecified atom stereocenters. The molecule has 8 heteroatoms. The predicted molar refractivity (Wildman–Crippen MR) is 104 cm³/mol. The molecule has 1 saturated heterocycles. The fourth-order valence-electron chi connectivity index (χ4n) is 3.03. The van der Waals surface area contributed by atoms with Gasteiger partial charge in [-0.1, -0.05) is 48.5 Å². The third-order valence-corrected chi connectivity index (χ3v) is 4.64. The van der Waals surface area contributed by atoms with Gasteiger partial charge in [-0.25, -0.2) is 9.69 Å². The maximum atomic E-state index is 12.6. The minimum absolute atomic E-state index is 0.0218. The van der Waals surface area contributed by atoms with Crippen molar-refractivity contribution in [3.05, 3.63) is 65.7 Å². The molecule has 0 aromatic heterocycles. The van der Waals surface area contributed by atoms with Crippen molar-refractivity contribution in [1.82, 2.24) is 14.7 Å². The number of carbonyl (C=O) groups excluding carboxylic acids is 4. The Morgan fingerprint density at radius 3 is 2.24 bits per heavy atom. The molecule has 1 aliphatic heterocycles. The summed E-state index contributed by atoms with van der Waals surface area (Å²) in [4.78, 5) is 52.5. The molecule has 1 fully saturated rings. The van der Waals surface area contributed by atoms with Gasteiger partial charge in [0.15, 0.2) is 0 Å². The van der Waals surface area contributed by atoms with Crippen LogP contribution >= 0.6 is 0 Å². The molecule has 2 aromatic rings. The van der Waals surface area contributed by atoms with E-state index in [1.165, 1.54) is 12.0 Å². The van der Waals surface area contributed by atoms with Crippen molar-refractivity contribution in [3.8, 4) is 5.75 Å². The molecular weight excluding hydrogens is 374 g/mol. The summed E-state index contributed by atoms with van der Waals surface area (Å²) in [5.41, 5.74) is 1.50. The van der Waals surface area contributed by atoms with Crippen LogP contribution in [-0.4, -0.2) is 59.2 Å². The zero-order valence-electron chi connectivity index (χ0n) is 16.2. The van der Waals surface area contributed by atoms with Crippen molar-refractivity contribution in [2.75, 3.05) is 20.7 Å². The summed E-state index contributed by atoms with van der Waals surface area (Å²) in [5.74, 6) is -1.76. The molecule has 5 amide bonds. The van der Waals surface area contributed by atoms with Gasteiger partial charge in [0.2, 0.25) is 5.91 Å². The average Bonchev–Trinajstić information content (AvgIpc) is 2.93. The second kappa shape index (κ2) is 8.55. The largest absolute Gasteiger partial charge is 0.496 e. The Labute approximate surface area is 168 Å². The number of benzene rings is 2. The number of carbonyl (C=O) groups is 4. The number of likely N-dealkylation sites (N-methyl/N-ethyl adjacent to an activating group) is 1. The molecular formula is C21H21N3O5. The van der Waals surface area contributed by atoms with Gasteiger partial charge in [-0.05, 0) is 11.6 Å². The Bertz CT molecular complexity index is 944. The zero-order valence-corrected chi connectivity index (χ0v) is 16.2. The van der Waals surface area contributed by atoms with Crippen LogP contribution in [0.4, 0.5) is 4.79 Å². The molecule has 8 nitrogen and oxygen atoms in total. The lowest BCUT2D eigenvalue weighted by Crippen LogP contribution is -2.42. The summed E-state index contributed by atoms with van der Waals surface area (Å²) in [6.07, 6.45) is 0. The highest BCUT2D eigenvalue weighted by Gasteiger charge is 2.45. The molecule has 150 valence electrons. The van der Waals surface area contributed by atoms with Crippen LogP contribution < -0.4 is 4.74 Å². The highest BCUT2D eigenvalue weighted by Crippen LogP contribution is 2.20. The lowest BCUT2D eigenvalue weighted by Gasteiger charge is -2.21. The van der Waals surface area contributed by atoms with Gasteiger partial charge >= 0.3 is 17.8 Å². The fraction of sp³-hybridized carbons (Fsp3) is 0.238. The van der Waals surface area contributed by atoms with Crippen molar-refractivity contribution in [3.63, 3.8) is 0 Å². The van der Waals surface area contributed by atoms with Crippen LogP contribution in [0.5, 0.6) is 5.75 Å². The van der Waals surface area contributed by atoms with Crippen LogP contribution in [0.2, 0.25) is 0 Å². The van der Waals surface area contributed by atoms with E-state index in [4.69, 9.17) is 4.74 Å². The quantitative estimate of drug-likeness (QED) is 0.525. The van der Waals surface area contributed by atoms with E-state index in [9.17, 15) is 19.2 Å². The Balaban J connectivity index is 1.67. The molecule has 1 heterocycles. The molecule has 0 N–H and O–H groups in total. The average molecular weight is 395 g/mol. The fourth-order valence-corrected chi connectivity index (χ4v) is 3.03. The smallest absolute Gasteiger partial charge is 0.335 e. The molecule has 0 saturated carbocycles. The maximum Gasteiger partial charge on any atom is 0.335 e. The number of ether oxygens (including phenoxy) is 1. The van der Waals surface area contributed by atoms with E-state index in [1.807, 2.05) is 24.3 Å². The Morgan fingerprint density at radius 2 is 1.55 bits per heavy atom. The number of amides is 5. The Hall–Kier alpha value is -3.68. The molecule has 0 radical (unpaired) electrons. The minimum Gasteiger partial charge on any atom is -0.496 e. The van der Waals surface area contributed by atoms with Crippen molar-refractivity contribution in [1.29, 1.82) is 0 Å². The second-order valence-electron chi connectivity index (χ2n) is 6.61. The van der Waals surface area contributed by atoms with Crippen molar-refractivity contribution < 1.29 is 23.9 Å². The van der Waals surface area contributed by atoms with Gasteiger partial charge in [-0.2, -0.15) is 0 Å². The third-order valence-electron chi connectivity index (χ3n) is 4.64. The van der Waals surface area contributed by atoms with E-state index in [2.05, 4.69) is 0 Å². The summed E-state index contributed by atoms with van der Waals surface area (Å²) in [5, 5.41) is 0. The molecule has 29 heavy (non-hydrogen) atoms. The van der Waals surface area contributed by atoms with E-state index < -0.39 is 30.3 Å². The van der Waals surface area contributed by atoms with Gasteiger partial charge in [0.05, 0.1) is 13.7 Å². The van der Waals surface area contributed by atoms with E-state index in [-0.39, 0.29) is 13.1 Å². The van der Waals surface area contributed by atoms with E-state index in [0.29, 0.717) is 16.2 Å². The summed E-state index contributed by atoms with van der Waals surface area (Å²) in [6, 6.07) is 15.3. The highest BCUT2D eigenvalue weighted by atomic mass is 16.5. The normalized spacial score (nSPS) is 13.8. The number of methoxy groups -OCH3 is 1. The van der Waals surface area contributed by atoms with Crippen LogP contribution in [0.25, 0.3) is 0 Å². The number of imide groups is 2. The molecule has 2 aromatic carbocycles. The van der Waals surface area contributed by atoms with Crippen molar-refractivity contribution in [2.45, 2.75) is 13.1 Å². The van der Waals surface area contributed by atoms with Crippen LogP contribution in [0.1, 0.15) is 11.1 Å². The van der Waals surface area contributed by atoms with Gasteiger partial charge in [-0.3, -0.25) is 19.3 Å². The number of nitrogens with zero attached hydrogens (tertiary/aromatic N) is 3. The van der Waals surface area contributed by atoms with Crippen molar-refractivity contribution >= 4 is 23.8 Å². The summed E-state index contributed by atoms with van der Waals surface area (Å²) >= 11 is 0. The Kier molecular flexibility index (Phi) is 5.92. The molecule has 0 aliphatic carbocycles. The first-order chi connectivity index (χ1) is 13.9. The molecule has 0 bridgehead atoms. The summed E-state index contributed by atoms with van der Waals surface area (Å²) < 4.78 is 5.27. The lowest BCUT2D eigenvalue weighted by atomic mass is 10.2. The second-order valence-corrected chi connectivity index (χ2v) is 6.61. The lowest BCUT2D eigenvalue weighted by molar-refractivity contribution is -0.145. The highest BCUT2D eigenvalue weighted by molar-refractivity contribution is 6.44. The van der Waals surface area contributed by atoms with E-state index in [0.717, 1.165) is 10.5 Å². The third kappa shape index (κ3) is 4.26. The SMILES string of the molecule is COc1ccccc1CN(C)C(=O)CN1C(=O)C(=O)N(Cc2ccccc2)C1=O. The van der Waals surface area contributed by atoms with E-state index >= 15 is 0 Å². The number of hydrogen-bond acceptors (Lipinski definition) is 5. The van der Waals surface area contributed by atoms with Gasteiger partial charge in [0.25, 0.3) is 0 Å². The molecule has 3 rings (SSSR count). The first kappa shape index (κ1) is 20.1. The van der Waals surface area contributed by atoms with Crippen LogP contribution in [-0.2, 0) is 27.5 Å². The van der Waals surface area contributed by atoms with Gasteiger partial charge in [0, 0.05) is 19.2 Å². The number of rotatable bonds is 7. The maximum absolute atomic E-state index is 12.6. The van der Waals surface area contributed by atoms with Crippen LogP contribution in [0.3, 0.4) is 0 Å². The predicted octanol–water partition coefficient (Wildman–Crippen LogP) is 1.64. The first-order valence-corrected chi connectivity index (χ1v) is 8.99. The summed E-state index contributed by atoms with van der Waals surface area (Å²) in [7, 11) is 3.10. The number of urea groups is 1. The van der Waals surface area contributed by atoms with Crippen LogP contribution in [0.15, 0.2) is 54.6 Å². The first-order valence-electron chi connectivity index (χ1n) is 8.99. The minimum atomic E-state index is -0.995. The zero-order chi connectivity index (χ0) is 21.0. The standard InChI is InChI=1S/C21H21N3O5/c1-22(13-16-10-6-7-11-17(16)29-2)18(25)14-24-20(27)19(26)23(21(24)28)12-15-8-4-3-5-9-15/h3-11H,12-14H2,1-2H3. The van der Waals surface area contributed by atoms with Gasteiger partial charge < -0.3 is 9.64 Å².